The van der Waals surface area contributed by atoms with Gasteiger partial charge in [0.2, 0.25) is 5.91 Å². The third-order valence-electron chi connectivity index (χ3n) is 2.94. The summed E-state index contributed by atoms with van der Waals surface area (Å²) in [7, 11) is 0. The van der Waals surface area contributed by atoms with Crippen molar-refractivity contribution in [1.82, 2.24) is 9.55 Å². The Morgan fingerprint density at radius 1 is 1.42 bits per heavy atom. The van der Waals surface area contributed by atoms with E-state index in [1.807, 2.05) is 48.9 Å². The summed E-state index contributed by atoms with van der Waals surface area (Å²) < 4.78 is 1.87. The van der Waals surface area contributed by atoms with Gasteiger partial charge in [0.05, 0.1) is 12.4 Å². The number of carbonyl (C=O) groups excluding carboxylic acids is 1. The highest BCUT2D eigenvalue weighted by Crippen LogP contribution is 2.15. The van der Waals surface area contributed by atoms with Crippen LogP contribution in [-0.2, 0) is 4.79 Å². The molecule has 1 aromatic carbocycles. The number of anilines is 1. The molecule has 0 saturated heterocycles. The smallest absolute Gasteiger partial charge is 0.241 e. The fourth-order valence-corrected chi connectivity index (χ4v) is 1.68. The van der Waals surface area contributed by atoms with Crippen molar-refractivity contribution in [2.45, 2.75) is 19.9 Å². The highest BCUT2D eigenvalue weighted by molar-refractivity contribution is 5.95. The maximum Gasteiger partial charge on any atom is 0.241 e. The molecule has 1 aromatic heterocycles. The third kappa shape index (κ3) is 3.20. The molecule has 0 aliphatic heterocycles. The predicted octanol–water partition coefficient (Wildman–Crippen LogP) is 1.79. The fourth-order valence-electron chi connectivity index (χ4n) is 1.68. The summed E-state index contributed by atoms with van der Waals surface area (Å²) in [5.74, 6) is -0.0605. The Morgan fingerprint density at radius 3 is 2.84 bits per heavy atom. The summed E-state index contributed by atoms with van der Waals surface area (Å²) in [6, 6.07) is 7.04. The normalized spacial score (nSPS) is 12.4. The molecule has 2 aromatic rings. The molecule has 0 bridgehead atoms. The lowest BCUT2D eigenvalue weighted by Gasteiger charge is -2.15. The van der Waals surface area contributed by atoms with E-state index in [0.29, 0.717) is 0 Å². The molecule has 1 unspecified atom stereocenters. The minimum atomic E-state index is -0.503. The van der Waals surface area contributed by atoms with Crippen molar-refractivity contribution in [2.75, 3.05) is 5.32 Å². The summed E-state index contributed by atoms with van der Waals surface area (Å²) in [6.45, 7) is 3.85. The van der Waals surface area contributed by atoms with Crippen LogP contribution in [0.1, 0.15) is 13.8 Å². The molecule has 0 aliphatic carbocycles. The molecule has 5 heteroatoms. The molecule has 5 nitrogen and oxygen atoms in total. The van der Waals surface area contributed by atoms with Crippen LogP contribution in [0.4, 0.5) is 5.69 Å². The van der Waals surface area contributed by atoms with Gasteiger partial charge in [0, 0.05) is 23.8 Å². The first-order chi connectivity index (χ1) is 9.08. The Kier molecular flexibility index (Phi) is 3.97. The van der Waals surface area contributed by atoms with Crippen LogP contribution in [0.5, 0.6) is 0 Å². The second-order valence-corrected chi connectivity index (χ2v) is 4.78. The maximum atomic E-state index is 11.9. The third-order valence-corrected chi connectivity index (χ3v) is 2.94. The lowest BCUT2D eigenvalue weighted by atomic mass is 10.0. The number of rotatable bonds is 4. The van der Waals surface area contributed by atoms with Gasteiger partial charge in [0.1, 0.15) is 0 Å². The summed E-state index contributed by atoms with van der Waals surface area (Å²) in [5, 5.41) is 2.83. The molecular formula is C14H18N4O. The standard InChI is InChI=1S/C14H18N4O/c1-10(2)13(15)14(19)17-11-4-3-5-12(8-11)18-7-6-16-9-18/h3-10,13H,15H2,1-2H3,(H,17,19). The van der Waals surface area contributed by atoms with Crippen molar-refractivity contribution < 1.29 is 4.79 Å². The second kappa shape index (κ2) is 5.67. The first kappa shape index (κ1) is 13.3. The van der Waals surface area contributed by atoms with Crippen LogP contribution in [0.15, 0.2) is 43.0 Å². The molecule has 1 amide bonds. The highest BCUT2D eigenvalue weighted by atomic mass is 16.2. The van der Waals surface area contributed by atoms with Gasteiger partial charge in [0.25, 0.3) is 0 Å². The Hall–Kier alpha value is -2.14. The molecule has 3 N–H and O–H groups in total. The van der Waals surface area contributed by atoms with Crippen molar-refractivity contribution >= 4 is 11.6 Å². The number of hydrogen-bond acceptors (Lipinski definition) is 3. The van der Waals surface area contributed by atoms with Crippen LogP contribution >= 0.6 is 0 Å². The van der Waals surface area contributed by atoms with Crippen LogP contribution < -0.4 is 11.1 Å². The maximum absolute atomic E-state index is 11.9. The van der Waals surface area contributed by atoms with Crippen molar-refractivity contribution in [3.63, 3.8) is 0 Å². The van der Waals surface area contributed by atoms with Crippen LogP contribution in [0.2, 0.25) is 0 Å². The lowest BCUT2D eigenvalue weighted by molar-refractivity contribution is -0.118. The topological polar surface area (TPSA) is 72.9 Å². The van der Waals surface area contributed by atoms with E-state index in [-0.39, 0.29) is 11.8 Å². The van der Waals surface area contributed by atoms with E-state index in [4.69, 9.17) is 5.73 Å². The van der Waals surface area contributed by atoms with E-state index in [2.05, 4.69) is 10.3 Å². The van der Waals surface area contributed by atoms with Gasteiger partial charge in [-0.3, -0.25) is 4.79 Å². The average Bonchev–Trinajstić information content (AvgIpc) is 2.91. The Labute approximate surface area is 112 Å². The van der Waals surface area contributed by atoms with Crippen molar-refractivity contribution in [3.05, 3.63) is 43.0 Å². The lowest BCUT2D eigenvalue weighted by Crippen LogP contribution is -2.39. The predicted molar refractivity (Wildman–Crippen MR) is 75.0 cm³/mol. The van der Waals surface area contributed by atoms with Crippen molar-refractivity contribution in [3.8, 4) is 5.69 Å². The molecule has 0 aliphatic rings. The number of nitrogens with zero attached hydrogens (tertiary/aromatic N) is 2. The summed E-state index contributed by atoms with van der Waals surface area (Å²) in [4.78, 5) is 15.9. The van der Waals surface area contributed by atoms with Gasteiger partial charge < -0.3 is 15.6 Å². The first-order valence-corrected chi connectivity index (χ1v) is 6.23. The van der Waals surface area contributed by atoms with Gasteiger partial charge in [0.15, 0.2) is 0 Å². The van der Waals surface area contributed by atoms with Crippen molar-refractivity contribution in [1.29, 1.82) is 0 Å². The van der Waals surface area contributed by atoms with Gasteiger partial charge in [-0.1, -0.05) is 19.9 Å². The SMILES string of the molecule is CC(C)C(N)C(=O)Nc1cccc(-n2ccnc2)c1. The van der Waals surface area contributed by atoms with E-state index < -0.39 is 6.04 Å². The van der Waals surface area contributed by atoms with Crippen LogP contribution in [-0.4, -0.2) is 21.5 Å². The molecule has 2 rings (SSSR count). The number of aromatic nitrogens is 2. The number of carbonyl (C=O) groups is 1. The summed E-state index contributed by atoms with van der Waals surface area (Å²) >= 11 is 0. The van der Waals surface area contributed by atoms with Gasteiger partial charge in [-0.2, -0.15) is 0 Å². The van der Waals surface area contributed by atoms with Crippen LogP contribution in [0.25, 0.3) is 5.69 Å². The molecule has 1 heterocycles. The van der Waals surface area contributed by atoms with E-state index in [9.17, 15) is 4.79 Å². The summed E-state index contributed by atoms with van der Waals surface area (Å²) in [5.41, 5.74) is 7.48. The molecular weight excluding hydrogens is 240 g/mol. The van der Waals surface area contributed by atoms with E-state index in [0.717, 1.165) is 11.4 Å². The Balaban J connectivity index is 2.14. The molecule has 19 heavy (non-hydrogen) atoms. The molecule has 1 atom stereocenters. The van der Waals surface area contributed by atoms with Crippen LogP contribution in [0, 0.1) is 5.92 Å². The number of imidazole rings is 1. The first-order valence-electron chi connectivity index (χ1n) is 6.23. The Bertz CT molecular complexity index is 548. The second-order valence-electron chi connectivity index (χ2n) is 4.78. The monoisotopic (exact) mass is 258 g/mol. The zero-order chi connectivity index (χ0) is 13.8. The number of nitrogens with two attached hydrogens (primary N) is 1. The molecule has 0 spiro atoms. The minimum absolute atomic E-state index is 0.108. The quantitative estimate of drug-likeness (QED) is 0.878. The van der Waals surface area contributed by atoms with Crippen LogP contribution in [0.3, 0.4) is 0 Å². The molecule has 0 radical (unpaired) electrons. The van der Waals surface area contributed by atoms with Crippen molar-refractivity contribution in [2.24, 2.45) is 11.7 Å². The van der Waals surface area contributed by atoms with E-state index in [1.54, 1.807) is 12.5 Å². The van der Waals surface area contributed by atoms with E-state index >= 15 is 0 Å². The highest BCUT2D eigenvalue weighted by Gasteiger charge is 2.17. The minimum Gasteiger partial charge on any atom is -0.325 e. The number of nitrogens with one attached hydrogen (secondary N) is 1. The summed E-state index contributed by atoms with van der Waals surface area (Å²) in [6.07, 6.45) is 5.27. The number of hydrogen-bond donors (Lipinski definition) is 2. The molecule has 100 valence electrons. The Morgan fingerprint density at radius 2 is 2.21 bits per heavy atom. The molecule has 0 fully saturated rings. The largest absolute Gasteiger partial charge is 0.325 e. The zero-order valence-corrected chi connectivity index (χ0v) is 11.1. The number of benzene rings is 1. The number of amides is 1. The van der Waals surface area contributed by atoms with Gasteiger partial charge in [-0.05, 0) is 24.1 Å². The van der Waals surface area contributed by atoms with Gasteiger partial charge in [-0.25, -0.2) is 4.98 Å². The van der Waals surface area contributed by atoms with Gasteiger partial charge >= 0.3 is 0 Å². The fraction of sp³-hybridized carbons (Fsp3) is 0.286. The zero-order valence-electron chi connectivity index (χ0n) is 11.1. The molecule has 0 saturated carbocycles. The average molecular weight is 258 g/mol. The van der Waals surface area contributed by atoms with Gasteiger partial charge in [-0.15, -0.1) is 0 Å². The van der Waals surface area contributed by atoms with E-state index in [1.165, 1.54) is 0 Å².